The van der Waals surface area contributed by atoms with Crippen molar-refractivity contribution in [2.75, 3.05) is 33.9 Å². The lowest BCUT2D eigenvalue weighted by Gasteiger charge is -2.33. The van der Waals surface area contributed by atoms with Gasteiger partial charge in [0.15, 0.2) is 0 Å². The first-order valence-electron chi connectivity index (χ1n) is 8.45. The van der Waals surface area contributed by atoms with E-state index in [9.17, 15) is 4.79 Å². The summed E-state index contributed by atoms with van der Waals surface area (Å²) in [5.74, 6) is 1.42. The molecule has 24 heavy (non-hydrogen) atoms. The van der Waals surface area contributed by atoms with Gasteiger partial charge in [-0.2, -0.15) is 0 Å². The minimum atomic E-state index is 0.0253. The number of fused-ring (bicyclic) bond motifs is 1. The topological polar surface area (TPSA) is 60.0 Å². The molecule has 2 aliphatic rings. The number of nitrogens with one attached hydrogen (secondary N) is 1. The van der Waals surface area contributed by atoms with Crippen LogP contribution in [0.5, 0.6) is 11.5 Å². The maximum atomic E-state index is 12.4. The van der Waals surface area contributed by atoms with E-state index in [-0.39, 0.29) is 18.1 Å². The summed E-state index contributed by atoms with van der Waals surface area (Å²) in [7, 11) is 3.22. The first-order valence-corrected chi connectivity index (χ1v) is 8.45. The van der Waals surface area contributed by atoms with E-state index in [1.165, 1.54) is 0 Å². The molecule has 6 nitrogen and oxygen atoms in total. The molecule has 2 aliphatic heterocycles. The van der Waals surface area contributed by atoms with Gasteiger partial charge in [0, 0.05) is 36.8 Å². The van der Waals surface area contributed by atoms with Crippen molar-refractivity contribution in [3.05, 3.63) is 23.8 Å². The molecule has 6 heteroatoms. The number of carbonyl (C=O) groups excluding carboxylic acids is 1. The Balaban J connectivity index is 1.56. The van der Waals surface area contributed by atoms with Crippen molar-refractivity contribution in [1.29, 1.82) is 0 Å². The summed E-state index contributed by atoms with van der Waals surface area (Å²) in [6.45, 7) is 4.71. The lowest BCUT2D eigenvalue weighted by molar-refractivity contribution is -0.121. The van der Waals surface area contributed by atoms with Gasteiger partial charge in [-0.15, -0.1) is 0 Å². The Morgan fingerprint density at radius 2 is 2.17 bits per heavy atom. The Morgan fingerprint density at radius 3 is 2.92 bits per heavy atom. The molecular weight excluding hydrogens is 308 g/mol. The molecule has 0 aliphatic carbocycles. The van der Waals surface area contributed by atoms with Gasteiger partial charge < -0.3 is 19.5 Å². The molecule has 0 spiro atoms. The molecule has 0 radical (unpaired) electrons. The molecule has 3 atom stereocenters. The molecule has 0 bridgehead atoms. The number of hydrogen-bond donors (Lipinski definition) is 1. The van der Waals surface area contributed by atoms with Gasteiger partial charge >= 0.3 is 0 Å². The highest BCUT2D eigenvalue weighted by atomic mass is 16.5. The van der Waals surface area contributed by atoms with Crippen LogP contribution in [0.3, 0.4) is 0 Å². The van der Waals surface area contributed by atoms with Crippen molar-refractivity contribution < 1.29 is 19.0 Å². The smallest absolute Gasteiger partial charge is 0.224 e. The van der Waals surface area contributed by atoms with Crippen molar-refractivity contribution >= 4 is 5.91 Å². The van der Waals surface area contributed by atoms with E-state index in [0.29, 0.717) is 18.2 Å². The molecule has 2 fully saturated rings. The van der Waals surface area contributed by atoms with Gasteiger partial charge in [0.1, 0.15) is 11.5 Å². The second-order valence-corrected chi connectivity index (χ2v) is 6.61. The Morgan fingerprint density at radius 1 is 1.33 bits per heavy atom. The number of methoxy groups -OCH3 is 2. The van der Waals surface area contributed by atoms with E-state index >= 15 is 0 Å². The monoisotopic (exact) mass is 334 g/mol. The number of ether oxygens (including phenoxy) is 3. The second kappa shape index (κ2) is 7.40. The molecule has 3 rings (SSSR count). The molecule has 2 saturated heterocycles. The summed E-state index contributed by atoms with van der Waals surface area (Å²) < 4.78 is 16.3. The second-order valence-electron chi connectivity index (χ2n) is 6.61. The lowest BCUT2D eigenvalue weighted by atomic mass is 10.1. The average Bonchev–Trinajstić information content (AvgIpc) is 2.96. The van der Waals surface area contributed by atoms with Crippen LogP contribution >= 0.6 is 0 Å². The fourth-order valence-corrected chi connectivity index (χ4v) is 3.59. The van der Waals surface area contributed by atoms with Gasteiger partial charge in [-0.05, 0) is 19.4 Å². The Kier molecular flexibility index (Phi) is 5.26. The van der Waals surface area contributed by atoms with Crippen LogP contribution in [0.25, 0.3) is 0 Å². The third-order valence-corrected chi connectivity index (χ3v) is 4.80. The van der Waals surface area contributed by atoms with E-state index in [2.05, 4.69) is 17.1 Å². The van der Waals surface area contributed by atoms with Crippen LogP contribution in [-0.4, -0.2) is 62.9 Å². The minimum Gasteiger partial charge on any atom is -0.497 e. The number of rotatable bonds is 5. The molecule has 1 N–H and O–H groups in total. The lowest BCUT2D eigenvalue weighted by Crippen LogP contribution is -2.45. The van der Waals surface area contributed by atoms with Crippen molar-refractivity contribution in [2.45, 2.75) is 38.0 Å². The Hall–Kier alpha value is -1.79. The van der Waals surface area contributed by atoms with Crippen LogP contribution in [0.1, 0.15) is 18.9 Å². The summed E-state index contributed by atoms with van der Waals surface area (Å²) in [6, 6.07) is 6.16. The molecule has 0 aromatic heterocycles. The van der Waals surface area contributed by atoms with Crippen molar-refractivity contribution in [2.24, 2.45) is 0 Å². The summed E-state index contributed by atoms with van der Waals surface area (Å²) >= 11 is 0. The average molecular weight is 334 g/mol. The SMILES string of the molecule is COc1ccc(CC(=O)N[C@H]2C[C@H]3CO[C@H](C)CN3C2)c(OC)c1. The molecule has 0 unspecified atom stereocenters. The Bertz CT molecular complexity index is 592. The number of nitrogens with zero attached hydrogens (tertiary/aromatic N) is 1. The third-order valence-electron chi connectivity index (χ3n) is 4.80. The normalized spacial score (nSPS) is 26.7. The van der Waals surface area contributed by atoms with Crippen molar-refractivity contribution in [1.82, 2.24) is 10.2 Å². The highest BCUT2D eigenvalue weighted by molar-refractivity contribution is 5.79. The number of benzene rings is 1. The summed E-state index contributed by atoms with van der Waals surface area (Å²) in [5, 5.41) is 3.16. The Labute approximate surface area is 143 Å². The molecular formula is C18H26N2O4. The van der Waals surface area contributed by atoms with E-state index in [1.807, 2.05) is 12.1 Å². The van der Waals surface area contributed by atoms with Crippen LogP contribution in [0.2, 0.25) is 0 Å². The summed E-state index contributed by atoms with van der Waals surface area (Å²) in [5.41, 5.74) is 0.864. The van der Waals surface area contributed by atoms with Gasteiger partial charge in [0.2, 0.25) is 5.91 Å². The third kappa shape index (κ3) is 3.82. The van der Waals surface area contributed by atoms with Gasteiger partial charge in [-0.1, -0.05) is 6.07 Å². The zero-order valence-electron chi connectivity index (χ0n) is 14.6. The van der Waals surface area contributed by atoms with Crippen LogP contribution in [-0.2, 0) is 16.0 Å². The van der Waals surface area contributed by atoms with Crippen molar-refractivity contribution in [3.8, 4) is 11.5 Å². The molecule has 132 valence electrons. The van der Waals surface area contributed by atoms with Gasteiger partial charge in [0.05, 0.1) is 33.4 Å². The van der Waals surface area contributed by atoms with E-state index in [0.717, 1.165) is 37.4 Å². The quantitative estimate of drug-likeness (QED) is 0.877. The van der Waals surface area contributed by atoms with Crippen molar-refractivity contribution in [3.63, 3.8) is 0 Å². The molecule has 1 amide bonds. The molecule has 0 saturated carbocycles. The number of amides is 1. The zero-order valence-corrected chi connectivity index (χ0v) is 14.6. The van der Waals surface area contributed by atoms with Crippen LogP contribution in [0.15, 0.2) is 18.2 Å². The van der Waals surface area contributed by atoms with Crippen LogP contribution < -0.4 is 14.8 Å². The summed E-state index contributed by atoms with van der Waals surface area (Å²) in [4.78, 5) is 14.8. The van der Waals surface area contributed by atoms with E-state index in [4.69, 9.17) is 14.2 Å². The summed E-state index contributed by atoms with van der Waals surface area (Å²) in [6.07, 6.45) is 1.54. The van der Waals surface area contributed by atoms with Crippen LogP contribution in [0.4, 0.5) is 0 Å². The van der Waals surface area contributed by atoms with Gasteiger partial charge in [-0.3, -0.25) is 9.69 Å². The molecule has 1 aromatic carbocycles. The maximum Gasteiger partial charge on any atom is 0.224 e. The molecule has 2 heterocycles. The van der Waals surface area contributed by atoms with Crippen LogP contribution in [0, 0.1) is 0 Å². The van der Waals surface area contributed by atoms with Gasteiger partial charge in [0.25, 0.3) is 0 Å². The number of hydrogen-bond acceptors (Lipinski definition) is 5. The fourth-order valence-electron chi connectivity index (χ4n) is 3.59. The predicted octanol–water partition coefficient (Wildman–Crippen LogP) is 1.22. The number of carbonyl (C=O) groups is 1. The maximum absolute atomic E-state index is 12.4. The predicted molar refractivity (Wildman–Crippen MR) is 90.6 cm³/mol. The fraction of sp³-hybridized carbons (Fsp3) is 0.611. The largest absolute Gasteiger partial charge is 0.497 e. The number of morpholine rings is 1. The highest BCUT2D eigenvalue weighted by Gasteiger charge is 2.36. The van der Waals surface area contributed by atoms with E-state index < -0.39 is 0 Å². The first-order chi connectivity index (χ1) is 11.6. The first kappa shape index (κ1) is 17.0. The zero-order chi connectivity index (χ0) is 17.1. The minimum absolute atomic E-state index is 0.0253. The standard InChI is InChI=1S/C18H26N2O4/c1-12-9-20-10-14(7-15(20)11-24-12)19-18(21)6-13-4-5-16(22-2)8-17(13)23-3/h4-5,8,12,14-15H,6-7,9-11H2,1-3H3,(H,19,21)/t12-,14+,15+/m1/s1. The highest BCUT2D eigenvalue weighted by Crippen LogP contribution is 2.26. The molecule has 1 aromatic rings. The van der Waals surface area contributed by atoms with Gasteiger partial charge in [-0.25, -0.2) is 0 Å². The van der Waals surface area contributed by atoms with E-state index in [1.54, 1.807) is 20.3 Å².